The number of carbonyl (C=O) groups excluding carboxylic acids is 2. The molecule has 0 aromatic heterocycles. The summed E-state index contributed by atoms with van der Waals surface area (Å²) in [4.78, 5) is 35.6. The summed E-state index contributed by atoms with van der Waals surface area (Å²) in [5.74, 6) is -1.28. The Morgan fingerprint density at radius 1 is 0.923 bits per heavy atom. The summed E-state index contributed by atoms with van der Waals surface area (Å²) in [6, 6.07) is 14.8. The van der Waals surface area contributed by atoms with E-state index in [1.54, 1.807) is 48.5 Å². The second-order valence-electron chi connectivity index (χ2n) is 6.65. The number of rotatable bonds is 8. The molecule has 2 N–H and O–H groups in total. The third-order valence-corrected chi connectivity index (χ3v) is 3.92. The van der Waals surface area contributed by atoms with Crippen molar-refractivity contribution in [1.29, 1.82) is 0 Å². The Labute approximate surface area is 153 Å². The van der Waals surface area contributed by atoms with Crippen LogP contribution >= 0.6 is 0 Å². The van der Waals surface area contributed by atoms with Gasteiger partial charge in [-0.15, -0.1) is 0 Å². The van der Waals surface area contributed by atoms with Crippen molar-refractivity contribution in [3.8, 4) is 0 Å². The molecular weight excluding hydrogens is 330 g/mol. The van der Waals surface area contributed by atoms with Gasteiger partial charge in [-0.25, -0.2) is 4.79 Å². The second-order valence-corrected chi connectivity index (χ2v) is 6.65. The second kappa shape index (κ2) is 8.94. The summed E-state index contributed by atoms with van der Waals surface area (Å²) in [6.07, 6.45) is 0.452. The van der Waals surface area contributed by atoms with Crippen molar-refractivity contribution in [2.75, 3.05) is 0 Å². The number of carboxylic acid groups (broad SMARTS) is 1. The van der Waals surface area contributed by atoms with E-state index in [1.807, 2.05) is 19.9 Å². The van der Waals surface area contributed by atoms with Gasteiger partial charge in [0.05, 0.1) is 0 Å². The van der Waals surface area contributed by atoms with Crippen molar-refractivity contribution in [3.05, 3.63) is 71.3 Å². The highest BCUT2D eigenvalue weighted by atomic mass is 16.4. The van der Waals surface area contributed by atoms with Gasteiger partial charge in [0, 0.05) is 24.0 Å². The van der Waals surface area contributed by atoms with E-state index in [2.05, 4.69) is 5.32 Å². The van der Waals surface area contributed by atoms with Gasteiger partial charge < -0.3 is 10.4 Å². The molecule has 0 saturated heterocycles. The molecule has 0 spiro atoms. The van der Waals surface area contributed by atoms with Gasteiger partial charge in [0.15, 0.2) is 5.78 Å². The van der Waals surface area contributed by atoms with Crippen LogP contribution in [0.5, 0.6) is 0 Å². The molecule has 26 heavy (non-hydrogen) atoms. The smallest absolute Gasteiger partial charge is 0.326 e. The van der Waals surface area contributed by atoms with Crippen molar-refractivity contribution in [2.24, 2.45) is 5.92 Å². The average Bonchev–Trinajstić information content (AvgIpc) is 2.61. The molecule has 0 saturated carbocycles. The zero-order chi connectivity index (χ0) is 19.1. The van der Waals surface area contributed by atoms with Crippen LogP contribution in [0.15, 0.2) is 54.6 Å². The predicted molar refractivity (Wildman–Crippen MR) is 99.0 cm³/mol. The van der Waals surface area contributed by atoms with E-state index in [0.29, 0.717) is 11.1 Å². The number of amides is 1. The summed E-state index contributed by atoms with van der Waals surface area (Å²) in [5.41, 5.74) is 1.88. The highest BCUT2D eigenvalue weighted by Gasteiger charge is 2.21. The Balaban J connectivity index is 2.05. The Morgan fingerprint density at radius 3 is 2.04 bits per heavy atom. The molecule has 0 aliphatic heterocycles. The van der Waals surface area contributed by atoms with Gasteiger partial charge in [-0.1, -0.05) is 68.4 Å². The summed E-state index contributed by atoms with van der Waals surface area (Å²) < 4.78 is 0. The fraction of sp³-hybridized carbons (Fsp3) is 0.286. The number of hydrogen-bond donors (Lipinski definition) is 2. The van der Waals surface area contributed by atoms with Crippen molar-refractivity contribution < 1.29 is 19.5 Å². The minimum atomic E-state index is -1.08. The fourth-order valence-electron chi connectivity index (χ4n) is 2.61. The normalized spacial score (nSPS) is 11.8. The molecular formula is C21H23NO4. The maximum absolute atomic E-state index is 12.4. The van der Waals surface area contributed by atoms with E-state index < -0.39 is 12.0 Å². The highest BCUT2D eigenvalue weighted by molar-refractivity contribution is 6.08. The van der Waals surface area contributed by atoms with Gasteiger partial charge in [-0.2, -0.15) is 0 Å². The lowest BCUT2D eigenvalue weighted by atomic mass is 9.99. The van der Waals surface area contributed by atoms with Crippen LogP contribution in [0.4, 0.5) is 0 Å². The van der Waals surface area contributed by atoms with Crippen molar-refractivity contribution >= 4 is 17.7 Å². The molecule has 0 aliphatic rings. The molecule has 2 rings (SSSR count). The van der Waals surface area contributed by atoms with Crippen LogP contribution in [-0.4, -0.2) is 28.8 Å². The molecule has 0 radical (unpaired) electrons. The largest absolute Gasteiger partial charge is 0.480 e. The molecule has 0 unspecified atom stereocenters. The van der Waals surface area contributed by atoms with Crippen LogP contribution < -0.4 is 5.32 Å². The van der Waals surface area contributed by atoms with E-state index in [1.165, 1.54) is 0 Å². The monoisotopic (exact) mass is 353 g/mol. The highest BCUT2D eigenvalue weighted by Crippen LogP contribution is 2.13. The average molecular weight is 353 g/mol. The van der Waals surface area contributed by atoms with Crippen LogP contribution in [0.1, 0.15) is 41.8 Å². The van der Waals surface area contributed by atoms with E-state index in [4.69, 9.17) is 0 Å². The molecule has 0 bridgehead atoms. The molecule has 0 fully saturated rings. The maximum Gasteiger partial charge on any atom is 0.326 e. The van der Waals surface area contributed by atoms with Crippen LogP contribution in [-0.2, 0) is 16.0 Å². The first-order valence-corrected chi connectivity index (χ1v) is 8.57. The maximum atomic E-state index is 12.4. The number of carbonyl (C=O) groups is 3. The van der Waals surface area contributed by atoms with Crippen molar-refractivity contribution in [2.45, 2.75) is 32.7 Å². The number of benzene rings is 2. The standard InChI is InChI=1S/C21H23NO4/c1-14(2)12-19(23)22-18(21(25)26)13-15-8-10-17(11-9-15)20(24)16-6-4-3-5-7-16/h3-11,14,18H,12-13H2,1-2H3,(H,22,23)(H,25,26)/t18-/m1/s1. The Kier molecular flexibility index (Phi) is 6.67. The fourth-order valence-corrected chi connectivity index (χ4v) is 2.61. The van der Waals surface area contributed by atoms with Gasteiger partial charge in [0.2, 0.25) is 5.91 Å². The number of hydrogen-bond acceptors (Lipinski definition) is 3. The van der Waals surface area contributed by atoms with E-state index >= 15 is 0 Å². The Bertz CT molecular complexity index is 766. The molecule has 5 heteroatoms. The summed E-state index contributed by atoms with van der Waals surface area (Å²) >= 11 is 0. The van der Waals surface area contributed by atoms with Crippen molar-refractivity contribution in [1.82, 2.24) is 5.32 Å². The summed E-state index contributed by atoms with van der Waals surface area (Å²) in [7, 11) is 0. The molecule has 1 atom stereocenters. The van der Waals surface area contributed by atoms with Gasteiger partial charge in [0.25, 0.3) is 0 Å². The van der Waals surface area contributed by atoms with Gasteiger partial charge >= 0.3 is 5.97 Å². The lowest BCUT2D eigenvalue weighted by Crippen LogP contribution is -2.42. The number of nitrogens with one attached hydrogen (secondary N) is 1. The molecule has 2 aromatic carbocycles. The molecule has 2 aromatic rings. The van der Waals surface area contributed by atoms with Gasteiger partial charge in [-0.3, -0.25) is 9.59 Å². The zero-order valence-electron chi connectivity index (χ0n) is 14.9. The van der Waals surface area contributed by atoms with Gasteiger partial charge in [-0.05, 0) is 11.5 Å². The van der Waals surface area contributed by atoms with Crippen LogP contribution in [0.3, 0.4) is 0 Å². The topological polar surface area (TPSA) is 83.5 Å². The van der Waals surface area contributed by atoms with Gasteiger partial charge in [0.1, 0.15) is 6.04 Å². The SMILES string of the molecule is CC(C)CC(=O)N[C@H](Cc1ccc(C(=O)c2ccccc2)cc1)C(=O)O. The minimum absolute atomic E-state index is 0.0860. The van der Waals surface area contributed by atoms with E-state index in [0.717, 1.165) is 5.56 Å². The van der Waals surface area contributed by atoms with Crippen LogP contribution in [0.2, 0.25) is 0 Å². The molecule has 136 valence electrons. The lowest BCUT2D eigenvalue weighted by Gasteiger charge is -2.15. The first-order valence-electron chi connectivity index (χ1n) is 8.57. The third kappa shape index (κ3) is 5.55. The van der Waals surface area contributed by atoms with Crippen molar-refractivity contribution in [3.63, 3.8) is 0 Å². The minimum Gasteiger partial charge on any atom is -0.480 e. The molecule has 1 amide bonds. The van der Waals surface area contributed by atoms with E-state index in [9.17, 15) is 19.5 Å². The van der Waals surface area contributed by atoms with Crippen LogP contribution in [0.25, 0.3) is 0 Å². The first kappa shape index (κ1) is 19.4. The number of ketones is 1. The summed E-state index contributed by atoms with van der Waals surface area (Å²) in [5, 5.41) is 11.9. The van der Waals surface area contributed by atoms with Crippen LogP contribution in [0, 0.1) is 5.92 Å². The molecule has 0 aliphatic carbocycles. The third-order valence-electron chi connectivity index (χ3n) is 3.92. The first-order chi connectivity index (χ1) is 12.4. The molecule has 0 heterocycles. The predicted octanol–water partition coefficient (Wildman–Crippen LogP) is 3.08. The summed E-state index contributed by atoms with van der Waals surface area (Å²) in [6.45, 7) is 3.80. The lowest BCUT2D eigenvalue weighted by molar-refractivity contribution is -0.141. The number of carboxylic acids is 1. The zero-order valence-corrected chi connectivity index (χ0v) is 14.9. The number of aliphatic carboxylic acids is 1. The van der Waals surface area contributed by atoms with E-state index in [-0.39, 0.29) is 30.4 Å². The Morgan fingerprint density at radius 2 is 1.50 bits per heavy atom. The Hall–Kier alpha value is -2.95. The molecule has 5 nitrogen and oxygen atoms in total. The quantitative estimate of drug-likeness (QED) is 0.715.